The maximum absolute atomic E-state index is 11.6. The topological polar surface area (TPSA) is 38.3 Å². The van der Waals surface area contributed by atoms with E-state index < -0.39 is 9.04 Å². The zero-order chi connectivity index (χ0) is 14.5. The average Bonchev–Trinajstić information content (AvgIpc) is 2.38. The van der Waals surface area contributed by atoms with Crippen LogP contribution in [-0.4, -0.2) is 14.8 Å². The third-order valence-corrected chi connectivity index (χ3v) is 3.39. The Morgan fingerprint density at radius 3 is 2.55 bits per heavy atom. The summed E-state index contributed by atoms with van der Waals surface area (Å²) in [5.41, 5.74) is 2.42. The number of nitrogens with one attached hydrogen (secondary N) is 1. The van der Waals surface area contributed by atoms with E-state index in [4.69, 9.17) is 4.43 Å². The SMILES string of the molecule is CC(=O)c1ccccc1Nc1cccc(O[Si](C)C)c1. The monoisotopic (exact) mass is 284 g/mol. The van der Waals surface area contributed by atoms with E-state index in [0.717, 1.165) is 17.1 Å². The van der Waals surface area contributed by atoms with Crippen molar-refractivity contribution in [1.29, 1.82) is 0 Å². The molecule has 2 rings (SSSR count). The van der Waals surface area contributed by atoms with Crippen molar-refractivity contribution >= 4 is 26.2 Å². The molecule has 2 aromatic rings. The number of benzene rings is 2. The maximum Gasteiger partial charge on any atom is 0.274 e. The average molecular weight is 284 g/mol. The first-order valence-electron chi connectivity index (χ1n) is 6.51. The zero-order valence-corrected chi connectivity index (χ0v) is 12.9. The first-order chi connectivity index (χ1) is 9.56. The van der Waals surface area contributed by atoms with Crippen LogP contribution in [0, 0.1) is 0 Å². The van der Waals surface area contributed by atoms with Crippen molar-refractivity contribution in [2.45, 2.75) is 20.0 Å². The normalized spacial score (nSPS) is 10.4. The summed E-state index contributed by atoms with van der Waals surface area (Å²) in [7, 11) is -0.779. The van der Waals surface area contributed by atoms with Gasteiger partial charge in [-0.3, -0.25) is 4.79 Å². The number of para-hydroxylation sites is 1. The second-order valence-corrected chi connectivity index (χ2v) is 6.79. The Labute approximate surface area is 121 Å². The standard InChI is InChI=1S/C16H18NO2Si/c1-12(18)15-9-4-5-10-16(15)17-13-7-6-8-14(11-13)19-20(2)3/h4-11,17H,1-3H3. The van der Waals surface area contributed by atoms with Crippen LogP contribution in [0.1, 0.15) is 17.3 Å². The summed E-state index contributed by atoms with van der Waals surface area (Å²) >= 11 is 0. The van der Waals surface area contributed by atoms with E-state index in [2.05, 4.69) is 18.4 Å². The number of carbonyl (C=O) groups is 1. The van der Waals surface area contributed by atoms with Crippen molar-refractivity contribution in [1.82, 2.24) is 0 Å². The Balaban J connectivity index is 2.24. The van der Waals surface area contributed by atoms with Crippen molar-refractivity contribution < 1.29 is 9.22 Å². The molecule has 1 N–H and O–H groups in total. The lowest BCUT2D eigenvalue weighted by atomic mass is 10.1. The van der Waals surface area contributed by atoms with E-state index >= 15 is 0 Å². The van der Waals surface area contributed by atoms with Crippen LogP contribution in [-0.2, 0) is 0 Å². The van der Waals surface area contributed by atoms with Gasteiger partial charge >= 0.3 is 0 Å². The highest BCUT2D eigenvalue weighted by Crippen LogP contribution is 2.24. The molecule has 0 heterocycles. The summed E-state index contributed by atoms with van der Waals surface area (Å²) in [5.74, 6) is 0.905. The fourth-order valence-electron chi connectivity index (χ4n) is 1.93. The molecular formula is C16H18NO2Si. The molecule has 4 heteroatoms. The van der Waals surface area contributed by atoms with Gasteiger partial charge in [-0.25, -0.2) is 0 Å². The van der Waals surface area contributed by atoms with Crippen LogP contribution in [0.15, 0.2) is 48.5 Å². The van der Waals surface area contributed by atoms with E-state index in [1.54, 1.807) is 6.92 Å². The van der Waals surface area contributed by atoms with Crippen LogP contribution in [0.3, 0.4) is 0 Å². The van der Waals surface area contributed by atoms with E-state index in [0.29, 0.717) is 5.56 Å². The molecule has 0 unspecified atom stereocenters. The first-order valence-corrected chi connectivity index (χ1v) is 8.92. The molecule has 0 bridgehead atoms. The molecule has 1 radical (unpaired) electrons. The fraction of sp³-hybridized carbons (Fsp3) is 0.188. The molecule has 0 aliphatic heterocycles. The number of hydrogen-bond donors (Lipinski definition) is 1. The second kappa shape index (κ2) is 6.39. The summed E-state index contributed by atoms with van der Waals surface area (Å²) in [6.45, 7) is 5.76. The highest BCUT2D eigenvalue weighted by molar-refractivity contribution is 6.49. The third kappa shape index (κ3) is 3.71. The molecule has 0 aliphatic rings. The molecule has 0 saturated heterocycles. The van der Waals surface area contributed by atoms with Gasteiger partial charge in [0.05, 0.1) is 0 Å². The summed E-state index contributed by atoms with van der Waals surface area (Å²) in [6, 6.07) is 15.3. The summed E-state index contributed by atoms with van der Waals surface area (Å²) in [5, 5.41) is 3.28. The Bertz CT molecular complexity index is 611. The maximum atomic E-state index is 11.6. The van der Waals surface area contributed by atoms with Gasteiger partial charge in [0.1, 0.15) is 5.75 Å². The summed E-state index contributed by atoms with van der Waals surface area (Å²) < 4.78 is 5.77. The number of anilines is 2. The number of hydrogen-bond acceptors (Lipinski definition) is 3. The Morgan fingerprint density at radius 1 is 1.10 bits per heavy atom. The van der Waals surface area contributed by atoms with Gasteiger partial charge in [-0.15, -0.1) is 0 Å². The number of Topliss-reactive ketones (excluding diaryl/α,β-unsaturated/α-hetero) is 1. The molecule has 0 spiro atoms. The lowest BCUT2D eigenvalue weighted by molar-refractivity contribution is 0.101. The molecule has 0 saturated carbocycles. The number of carbonyl (C=O) groups excluding carboxylic acids is 1. The van der Waals surface area contributed by atoms with Gasteiger partial charge in [0.25, 0.3) is 9.04 Å². The highest BCUT2D eigenvalue weighted by atomic mass is 28.3. The fourth-order valence-corrected chi connectivity index (χ4v) is 2.53. The van der Waals surface area contributed by atoms with Crippen LogP contribution >= 0.6 is 0 Å². The lowest BCUT2D eigenvalue weighted by Crippen LogP contribution is -2.11. The van der Waals surface area contributed by atoms with Gasteiger partial charge in [-0.2, -0.15) is 0 Å². The van der Waals surface area contributed by atoms with Gasteiger partial charge in [-0.1, -0.05) is 18.2 Å². The third-order valence-electron chi connectivity index (χ3n) is 2.74. The van der Waals surface area contributed by atoms with Crippen molar-refractivity contribution in [3.05, 3.63) is 54.1 Å². The largest absolute Gasteiger partial charge is 0.543 e. The van der Waals surface area contributed by atoms with Crippen molar-refractivity contribution in [2.24, 2.45) is 0 Å². The first kappa shape index (κ1) is 14.3. The molecule has 3 nitrogen and oxygen atoms in total. The van der Waals surface area contributed by atoms with E-state index in [-0.39, 0.29) is 5.78 Å². The highest BCUT2D eigenvalue weighted by Gasteiger charge is 2.07. The predicted octanol–water partition coefficient (Wildman–Crippen LogP) is 4.26. The van der Waals surface area contributed by atoms with Gasteiger partial charge in [0.15, 0.2) is 5.78 Å². The van der Waals surface area contributed by atoms with Crippen LogP contribution in [0.5, 0.6) is 5.75 Å². The predicted molar refractivity (Wildman–Crippen MR) is 84.3 cm³/mol. The molecule has 0 fully saturated rings. The quantitative estimate of drug-likeness (QED) is 0.658. The molecule has 0 aliphatic carbocycles. The Hall–Kier alpha value is -2.07. The van der Waals surface area contributed by atoms with Crippen molar-refractivity contribution in [2.75, 3.05) is 5.32 Å². The molecule has 0 atom stereocenters. The minimum Gasteiger partial charge on any atom is -0.543 e. The lowest BCUT2D eigenvalue weighted by Gasteiger charge is -2.13. The van der Waals surface area contributed by atoms with E-state index in [1.807, 2.05) is 48.5 Å². The van der Waals surface area contributed by atoms with Crippen LogP contribution in [0.4, 0.5) is 11.4 Å². The number of rotatable bonds is 5. The van der Waals surface area contributed by atoms with E-state index in [1.165, 1.54) is 0 Å². The minimum atomic E-state index is -0.779. The van der Waals surface area contributed by atoms with Crippen LogP contribution < -0.4 is 9.74 Å². The molecule has 20 heavy (non-hydrogen) atoms. The number of ketones is 1. The van der Waals surface area contributed by atoms with Crippen LogP contribution in [0.25, 0.3) is 0 Å². The molecule has 2 aromatic carbocycles. The van der Waals surface area contributed by atoms with Crippen molar-refractivity contribution in [3.8, 4) is 5.75 Å². The molecular weight excluding hydrogens is 266 g/mol. The second-order valence-electron chi connectivity index (χ2n) is 4.76. The van der Waals surface area contributed by atoms with Gasteiger partial charge in [0, 0.05) is 23.0 Å². The Kier molecular flexibility index (Phi) is 4.58. The molecule has 103 valence electrons. The van der Waals surface area contributed by atoms with Crippen LogP contribution in [0.2, 0.25) is 13.1 Å². The van der Waals surface area contributed by atoms with Gasteiger partial charge in [0.2, 0.25) is 0 Å². The van der Waals surface area contributed by atoms with Gasteiger partial charge in [-0.05, 0) is 44.3 Å². The zero-order valence-electron chi connectivity index (χ0n) is 11.9. The molecule has 0 aromatic heterocycles. The van der Waals surface area contributed by atoms with Crippen molar-refractivity contribution in [3.63, 3.8) is 0 Å². The summed E-state index contributed by atoms with van der Waals surface area (Å²) in [6.07, 6.45) is 0. The Morgan fingerprint density at radius 2 is 1.85 bits per heavy atom. The van der Waals surface area contributed by atoms with E-state index in [9.17, 15) is 4.79 Å². The molecule has 0 amide bonds. The smallest absolute Gasteiger partial charge is 0.274 e. The minimum absolute atomic E-state index is 0.0492. The summed E-state index contributed by atoms with van der Waals surface area (Å²) in [4.78, 5) is 11.6. The van der Waals surface area contributed by atoms with Gasteiger partial charge < -0.3 is 9.74 Å².